The number of benzene rings is 1. The predicted molar refractivity (Wildman–Crippen MR) is 79.3 cm³/mol. The maximum absolute atomic E-state index is 12.0. The molecule has 4 heteroatoms. The Morgan fingerprint density at radius 1 is 1.40 bits per heavy atom. The summed E-state index contributed by atoms with van der Waals surface area (Å²) in [5, 5.41) is 3.04. The summed E-state index contributed by atoms with van der Waals surface area (Å²) in [6, 6.07) is 9.90. The lowest BCUT2D eigenvalue weighted by molar-refractivity contribution is -0.123. The standard InChI is InChI=1S/C16H24N2O2/c1-20-14-9-8-13(11-14)18-16(19)15(17)10-7-12-5-3-2-4-6-12/h2-6,13-15H,7-11,17H2,1H3,(H,18,19). The zero-order chi connectivity index (χ0) is 14.4. The van der Waals surface area contributed by atoms with Crippen LogP contribution in [0.4, 0.5) is 0 Å². The van der Waals surface area contributed by atoms with E-state index < -0.39 is 6.04 Å². The summed E-state index contributed by atoms with van der Waals surface area (Å²) in [7, 11) is 1.72. The summed E-state index contributed by atoms with van der Waals surface area (Å²) in [6.07, 6.45) is 4.68. The molecule has 3 N–H and O–H groups in total. The molecule has 1 aliphatic carbocycles. The Kier molecular flexibility index (Phi) is 5.56. The van der Waals surface area contributed by atoms with Gasteiger partial charge in [0.25, 0.3) is 0 Å². The van der Waals surface area contributed by atoms with Gasteiger partial charge in [0, 0.05) is 13.2 Å². The van der Waals surface area contributed by atoms with E-state index in [2.05, 4.69) is 17.4 Å². The maximum Gasteiger partial charge on any atom is 0.237 e. The smallest absolute Gasteiger partial charge is 0.237 e. The largest absolute Gasteiger partial charge is 0.381 e. The minimum atomic E-state index is -0.434. The molecule has 0 aromatic heterocycles. The molecule has 0 aliphatic heterocycles. The van der Waals surface area contributed by atoms with Gasteiger partial charge in [-0.1, -0.05) is 30.3 Å². The molecule has 1 aromatic carbocycles. The van der Waals surface area contributed by atoms with Crippen LogP contribution in [0.1, 0.15) is 31.2 Å². The van der Waals surface area contributed by atoms with Crippen molar-refractivity contribution in [1.29, 1.82) is 0 Å². The van der Waals surface area contributed by atoms with Crippen LogP contribution >= 0.6 is 0 Å². The molecule has 2 rings (SSSR count). The van der Waals surface area contributed by atoms with E-state index in [0.29, 0.717) is 6.42 Å². The summed E-state index contributed by atoms with van der Waals surface area (Å²) >= 11 is 0. The topological polar surface area (TPSA) is 64.3 Å². The van der Waals surface area contributed by atoms with Crippen molar-refractivity contribution in [1.82, 2.24) is 5.32 Å². The molecule has 0 spiro atoms. The summed E-state index contributed by atoms with van der Waals surface area (Å²) in [6.45, 7) is 0. The third-order valence-electron chi connectivity index (χ3n) is 3.99. The van der Waals surface area contributed by atoms with E-state index in [-0.39, 0.29) is 18.1 Å². The van der Waals surface area contributed by atoms with Gasteiger partial charge in [-0.05, 0) is 37.7 Å². The number of amides is 1. The van der Waals surface area contributed by atoms with Gasteiger partial charge in [0.15, 0.2) is 0 Å². The number of methoxy groups -OCH3 is 1. The fraction of sp³-hybridized carbons (Fsp3) is 0.562. The summed E-state index contributed by atoms with van der Waals surface area (Å²) in [5.74, 6) is -0.0392. The minimum Gasteiger partial charge on any atom is -0.381 e. The fourth-order valence-electron chi connectivity index (χ4n) is 2.69. The van der Waals surface area contributed by atoms with Crippen LogP contribution in [0, 0.1) is 0 Å². The zero-order valence-corrected chi connectivity index (χ0v) is 12.0. The second-order valence-corrected chi connectivity index (χ2v) is 5.51. The molecule has 3 unspecified atom stereocenters. The number of carbonyl (C=O) groups is 1. The van der Waals surface area contributed by atoms with Gasteiger partial charge in [-0.15, -0.1) is 0 Å². The molecule has 0 heterocycles. The Morgan fingerprint density at radius 2 is 2.15 bits per heavy atom. The van der Waals surface area contributed by atoms with Gasteiger partial charge in [-0.3, -0.25) is 4.79 Å². The Labute approximate surface area is 120 Å². The van der Waals surface area contributed by atoms with E-state index >= 15 is 0 Å². The molecule has 20 heavy (non-hydrogen) atoms. The van der Waals surface area contributed by atoms with Gasteiger partial charge in [0.1, 0.15) is 0 Å². The van der Waals surface area contributed by atoms with E-state index in [1.54, 1.807) is 7.11 Å². The van der Waals surface area contributed by atoms with E-state index in [9.17, 15) is 4.79 Å². The zero-order valence-electron chi connectivity index (χ0n) is 12.0. The first-order valence-electron chi connectivity index (χ1n) is 7.31. The number of hydrogen-bond acceptors (Lipinski definition) is 3. The Hall–Kier alpha value is -1.39. The normalized spacial score (nSPS) is 23.5. The van der Waals surface area contributed by atoms with Gasteiger partial charge in [-0.25, -0.2) is 0 Å². The molecule has 3 atom stereocenters. The van der Waals surface area contributed by atoms with Crippen LogP contribution in [0.3, 0.4) is 0 Å². The van der Waals surface area contributed by atoms with Crippen molar-refractivity contribution in [2.24, 2.45) is 5.73 Å². The molecular formula is C16H24N2O2. The Morgan fingerprint density at radius 3 is 2.80 bits per heavy atom. The number of aryl methyl sites for hydroxylation is 1. The number of rotatable bonds is 6. The number of nitrogens with one attached hydrogen (secondary N) is 1. The van der Waals surface area contributed by atoms with Crippen molar-refractivity contribution in [3.8, 4) is 0 Å². The van der Waals surface area contributed by atoms with Crippen LogP contribution < -0.4 is 11.1 Å². The molecule has 110 valence electrons. The molecule has 1 fully saturated rings. The molecule has 1 amide bonds. The molecular weight excluding hydrogens is 252 g/mol. The van der Waals surface area contributed by atoms with Crippen LogP contribution in [0.15, 0.2) is 30.3 Å². The third kappa shape index (κ3) is 4.32. The monoisotopic (exact) mass is 276 g/mol. The lowest BCUT2D eigenvalue weighted by Gasteiger charge is -2.17. The maximum atomic E-state index is 12.0. The molecule has 1 aliphatic rings. The Bertz CT molecular complexity index is 422. The lowest BCUT2D eigenvalue weighted by atomic mass is 10.0. The van der Waals surface area contributed by atoms with E-state index in [0.717, 1.165) is 25.7 Å². The molecule has 1 saturated carbocycles. The number of nitrogens with two attached hydrogens (primary N) is 1. The molecule has 4 nitrogen and oxygen atoms in total. The average molecular weight is 276 g/mol. The van der Waals surface area contributed by atoms with E-state index in [4.69, 9.17) is 10.5 Å². The summed E-state index contributed by atoms with van der Waals surface area (Å²) in [4.78, 5) is 12.0. The average Bonchev–Trinajstić information content (AvgIpc) is 2.93. The highest BCUT2D eigenvalue weighted by Gasteiger charge is 2.26. The van der Waals surface area contributed by atoms with Crippen LogP contribution in [0.2, 0.25) is 0 Å². The van der Waals surface area contributed by atoms with E-state index in [1.807, 2.05) is 18.2 Å². The van der Waals surface area contributed by atoms with Crippen molar-refractivity contribution < 1.29 is 9.53 Å². The van der Waals surface area contributed by atoms with Gasteiger partial charge in [0.2, 0.25) is 5.91 Å². The second kappa shape index (κ2) is 7.41. The molecule has 0 bridgehead atoms. The third-order valence-corrected chi connectivity index (χ3v) is 3.99. The predicted octanol–water partition coefficient (Wildman–Crippen LogP) is 1.63. The van der Waals surface area contributed by atoms with Crippen LogP contribution in [-0.2, 0) is 16.0 Å². The lowest BCUT2D eigenvalue weighted by Crippen LogP contribution is -2.45. The fourth-order valence-corrected chi connectivity index (χ4v) is 2.69. The highest BCUT2D eigenvalue weighted by atomic mass is 16.5. The van der Waals surface area contributed by atoms with Crippen molar-refractivity contribution in [3.63, 3.8) is 0 Å². The number of carbonyl (C=O) groups excluding carboxylic acids is 1. The first-order chi connectivity index (χ1) is 9.69. The Balaban J connectivity index is 1.72. The SMILES string of the molecule is COC1CCC(NC(=O)C(N)CCc2ccccc2)C1. The first kappa shape index (κ1) is 15.0. The first-order valence-corrected chi connectivity index (χ1v) is 7.31. The van der Waals surface area contributed by atoms with Gasteiger partial charge in [0.05, 0.1) is 12.1 Å². The van der Waals surface area contributed by atoms with E-state index in [1.165, 1.54) is 5.56 Å². The van der Waals surface area contributed by atoms with Gasteiger partial charge in [-0.2, -0.15) is 0 Å². The van der Waals surface area contributed by atoms with Crippen LogP contribution in [-0.4, -0.2) is 31.2 Å². The summed E-state index contributed by atoms with van der Waals surface area (Å²) < 4.78 is 5.31. The molecule has 0 saturated heterocycles. The number of ether oxygens (including phenoxy) is 1. The van der Waals surface area contributed by atoms with Crippen LogP contribution in [0.25, 0.3) is 0 Å². The highest BCUT2D eigenvalue weighted by molar-refractivity contribution is 5.81. The van der Waals surface area contributed by atoms with Crippen LogP contribution in [0.5, 0.6) is 0 Å². The summed E-state index contributed by atoms with van der Waals surface area (Å²) in [5.41, 5.74) is 7.19. The van der Waals surface area contributed by atoms with Crippen molar-refractivity contribution in [3.05, 3.63) is 35.9 Å². The van der Waals surface area contributed by atoms with Crippen molar-refractivity contribution in [2.75, 3.05) is 7.11 Å². The highest BCUT2D eigenvalue weighted by Crippen LogP contribution is 2.21. The second-order valence-electron chi connectivity index (χ2n) is 5.51. The van der Waals surface area contributed by atoms with Crippen molar-refractivity contribution >= 4 is 5.91 Å². The molecule has 0 radical (unpaired) electrons. The quantitative estimate of drug-likeness (QED) is 0.830. The van der Waals surface area contributed by atoms with Gasteiger partial charge >= 0.3 is 0 Å². The van der Waals surface area contributed by atoms with Crippen molar-refractivity contribution in [2.45, 2.75) is 50.3 Å². The number of hydrogen-bond donors (Lipinski definition) is 2. The molecule has 1 aromatic rings. The van der Waals surface area contributed by atoms with Gasteiger partial charge < -0.3 is 15.8 Å². The minimum absolute atomic E-state index is 0.0392.